The van der Waals surface area contributed by atoms with Gasteiger partial charge in [-0.3, -0.25) is 9.78 Å². The zero-order chi connectivity index (χ0) is 22.7. The van der Waals surface area contributed by atoms with E-state index in [0.29, 0.717) is 28.5 Å². The summed E-state index contributed by atoms with van der Waals surface area (Å²) in [5.41, 5.74) is 10.0. The molecule has 0 saturated heterocycles. The summed E-state index contributed by atoms with van der Waals surface area (Å²) >= 11 is 0. The highest BCUT2D eigenvalue weighted by atomic mass is 16.2. The molecule has 0 spiro atoms. The van der Waals surface area contributed by atoms with E-state index in [1.165, 1.54) is 6.20 Å². The van der Waals surface area contributed by atoms with Crippen molar-refractivity contribution in [3.05, 3.63) is 88.8 Å². The second-order valence-electron chi connectivity index (χ2n) is 7.53. The predicted molar refractivity (Wildman–Crippen MR) is 120 cm³/mol. The van der Waals surface area contributed by atoms with Gasteiger partial charge in [0, 0.05) is 29.5 Å². The number of amides is 1. The standard InChI is InChI=1S/C24H21N7O/c1-15-9-20(29-12-19(15)11-25)13-31(14-22-27-6-3-7-28-22)24(32)17-4-5-21-18(10-17)8-16(2)23(26)30-21/h3-10,12H,13-14H2,1-2H3,(H2,26,30). The number of carbonyl (C=O) groups excluding carboxylic acids is 1. The van der Waals surface area contributed by atoms with Gasteiger partial charge >= 0.3 is 0 Å². The zero-order valence-electron chi connectivity index (χ0n) is 17.8. The molecule has 0 bridgehead atoms. The average Bonchev–Trinajstić information content (AvgIpc) is 2.79. The van der Waals surface area contributed by atoms with E-state index in [2.05, 4.69) is 26.0 Å². The third kappa shape index (κ3) is 4.37. The van der Waals surface area contributed by atoms with Gasteiger partial charge in [0.2, 0.25) is 0 Å². The molecule has 8 nitrogen and oxygen atoms in total. The lowest BCUT2D eigenvalue weighted by Gasteiger charge is -2.22. The molecular weight excluding hydrogens is 402 g/mol. The average molecular weight is 423 g/mol. The van der Waals surface area contributed by atoms with Gasteiger partial charge in [-0.1, -0.05) is 0 Å². The van der Waals surface area contributed by atoms with Crippen LogP contribution in [0.2, 0.25) is 0 Å². The van der Waals surface area contributed by atoms with E-state index in [9.17, 15) is 4.79 Å². The third-order valence-corrected chi connectivity index (χ3v) is 5.17. The molecule has 1 aromatic carbocycles. The lowest BCUT2D eigenvalue weighted by Crippen LogP contribution is -2.31. The van der Waals surface area contributed by atoms with Gasteiger partial charge in [-0.2, -0.15) is 5.26 Å². The Morgan fingerprint density at radius 1 is 1.06 bits per heavy atom. The highest BCUT2D eigenvalue weighted by Crippen LogP contribution is 2.21. The number of benzene rings is 1. The van der Waals surface area contributed by atoms with Gasteiger partial charge in [-0.05, 0) is 61.4 Å². The van der Waals surface area contributed by atoms with Crippen LogP contribution in [0.1, 0.15) is 38.6 Å². The van der Waals surface area contributed by atoms with Gasteiger partial charge in [0.25, 0.3) is 5.91 Å². The van der Waals surface area contributed by atoms with E-state index < -0.39 is 0 Å². The summed E-state index contributed by atoms with van der Waals surface area (Å²) in [4.78, 5) is 32.4. The Kier molecular flexibility index (Phi) is 5.73. The first-order chi connectivity index (χ1) is 15.4. The van der Waals surface area contributed by atoms with E-state index in [1.54, 1.807) is 35.5 Å². The number of nitrogens with zero attached hydrogens (tertiary/aromatic N) is 6. The summed E-state index contributed by atoms with van der Waals surface area (Å²) in [5.74, 6) is 0.816. The fraction of sp³-hybridized carbons (Fsp3) is 0.167. The summed E-state index contributed by atoms with van der Waals surface area (Å²) in [6, 6.07) is 12.9. The van der Waals surface area contributed by atoms with Crippen molar-refractivity contribution in [3.63, 3.8) is 0 Å². The molecule has 3 aromatic heterocycles. The molecule has 4 aromatic rings. The lowest BCUT2D eigenvalue weighted by molar-refractivity contribution is 0.0723. The van der Waals surface area contributed by atoms with Crippen LogP contribution in [-0.4, -0.2) is 30.7 Å². The molecule has 0 saturated carbocycles. The first-order valence-electron chi connectivity index (χ1n) is 10.0. The van der Waals surface area contributed by atoms with Crippen LogP contribution >= 0.6 is 0 Å². The Hall–Kier alpha value is -4.38. The highest BCUT2D eigenvalue weighted by Gasteiger charge is 2.19. The number of nitrogen functional groups attached to an aromatic ring is 1. The number of rotatable bonds is 5. The molecule has 8 heteroatoms. The van der Waals surface area contributed by atoms with Crippen molar-refractivity contribution >= 4 is 22.6 Å². The number of aromatic nitrogens is 4. The molecule has 2 N–H and O–H groups in total. The van der Waals surface area contributed by atoms with Crippen LogP contribution in [0.15, 0.2) is 55.0 Å². The number of fused-ring (bicyclic) bond motifs is 1. The van der Waals surface area contributed by atoms with Crippen LogP contribution < -0.4 is 5.73 Å². The smallest absolute Gasteiger partial charge is 0.254 e. The number of anilines is 1. The van der Waals surface area contributed by atoms with Gasteiger partial charge in [0.05, 0.1) is 29.9 Å². The Labute approximate surface area is 185 Å². The van der Waals surface area contributed by atoms with Crippen molar-refractivity contribution in [2.24, 2.45) is 0 Å². The molecular formula is C24H21N7O. The fourth-order valence-corrected chi connectivity index (χ4v) is 3.41. The van der Waals surface area contributed by atoms with Crippen molar-refractivity contribution in [3.8, 4) is 6.07 Å². The molecule has 0 atom stereocenters. The maximum Gasteiger partial charge on any atom is 0.254 e. The number of hydrogen-bond acceptors (Lipinski definition) is 7. The molecule has 0 aliphatic rings. The molecule has 4 rings (SSSR count). The van der Waals surface area contributed by atoms with Gasteiger partial charge in [-0.15, -0.1) is 0 Å². The minimum absolute atomic E-state index is 0.183. The fourth-order valence-electron chi connectivity index (χ4n) is 3.41. The number of nitrogens with two attached hydrogens (primary N) is 1. The van der Waals surface area contributed by atoms with E-state index >= 15 is 0 Å². The maximum absolute atomic E-state index is 13.5. The SMILES string of the molecule is Cc1cc(CN(Cc2ncccn2)C(=O)c2ccc3nc(N)c(C)cc3c2)ncc1C#N. The predicted octanol–water partition coefficient (Wildman–Crippen LogP) is 3.33. The number of hydrogen-bond donors (Lipinski definition) is 1. The number of nitriles is 1. The van der Waals surface area contributed by atoms with Gasteiger partial charge in [0.1, 0.15) is 17.7 Å². The van der Waals surface area contributed by atoms with Crippen LogP contribution in [0.3, 0.4) is 0 Å². The van der Waals surface area contributed by atoms with Crippen LogP contribution in [0.5, 0.6) is 0 Å². The van der Waals surface area contributed by atoms with Crippen LogP contribution in [0.4, 0.5) is 5.82 Å². The molecule has 32 heavy (non-hydrogen) atoms. The van der Waals surface area contributed by atoms with E-state index in [1.807, 2.05) is 32.0 Å². The second-order valence-corrected chi connectivity index (χ2v) is 7.53. The largest absolute Gasteiger partial charge is 0.383 e. The molecule has 158 valence electrons. The highest BCUT2D eigenvalue weighted by molar-refractivity contribution is 5.98. The summed E-state index contributed by atoms with van der Waals surface area (Å²) in [7, 11) is 0. The molecule has 0 aliphatic heterocycles. The second kappa shape index (κ2) is 8.78. The molecule has 3 heterocycles. The van der Waals surface area contributed by atoms with Crippen LogP contribution in [-0.2, 0) is 13.1 Å². The van der Waals surface area contributed by atoms with Crippen molar-refractivity contribution in [2.45, 2.75) is 26.9 Å². The van der Waals surface area contributed by atoms with Crippen LogP contribution in [0.25, 0.3) is 10.9 Å². The summed E-state index contributed by atoms with van der Waals surface area (Å²) in [5, 5.41) is 10.0. The van der Waals surface area contributed by atoms with Crippen molar-refractivity contribution in [1.29, 1.82) is 5.26 Å². The minimum atomic E-state index is -0.183. The van der Waals surface area contributed by atoms with E-state index in [-0.39, 0.29) is 19.0 Å². The van der Waals surface area contributed by atoms with Crippen molar-refractivity contribution < 1.29 is 4.79 Å². The van der Waals surface area contributed by atoms with Gasteiger partial charge < -0.3 is 10.6 Å². The monoisotopic (exact) mass is 423 g/mol. The molecule has 1 amide bonds. The Morgan fingerprint density at radius 2 is 1.84 bits per heavy atom. The molecule has 0 unspecified atom stereocenters. The van der Waals surface area contributed by atoms with E-state index in [0.717, 1.165) is 22.0 Å². The lowest BCUT2D eigenvalue weighted by atomic mass is 10.1. The van der Waals surface area contributed by atoms with Crippen LogP contribution in [0, 0.1) is 25.2 Å². The number of aryl methyl sites for hydroxylation is 2. The molecule has 0 fully saturated rings. The maximum atomic E-state index is 13.5. The van der Waals surface area contributed by atoms with Gasteiger partial charge in [-0.25, -0.2) is 15.0 Å². The number of pyridine rings is 2. The third-order valence-electron chi connectivity index (χ3n) is 5.17. The first-order valence-corrected chi connectivity index (χ1v) is 10.0. The topological polar surface area (TPSA) is 122 Å². The van der Waals surface area contributed by atoms with Crippen molar-refractivity contribution in [2.75, 3.05) is 5.73 Å². The molecule has 0 aliphatic carbocycles. The summed E-state index contributed by atoms with van der Waals surface area (Å²) in [6.45, 7) is 4.20. The summed E-state index contributed by atoms with van der Waals surface area (Å²) in [6.07, 6.45) is 4.81. The quantitative estimate of drug-likeness (QED) is 0.522. The summed E-state index contributed by atoms with van der Waals surface area (Å²) < 4.78 is 0. The number of carbonyl (C=O) groups is 1. The van der Waals surface area contributed by atoms with E-state index in [4.69, 9.17) is 11.0 Å². The Bertz CT molecular complexity index is 1350. The minimum Gasteiger partial charge on any atom is -0.383 e. The Morgan fingerprint density at radius 3 is 2.56 bits per heavy atom. The van der Waals surface area contributed by atoms with Crippen molar-refractivity contribution in [1.82, 2.24) is 24.8 Å². The first kappa shape index (κ1) is 20.9. The zero-order valence-corrected chi connectivity index (χ0v) is 17.8. The normalized spacial score (nSPS) is 10.7. The van der Waals surface area contributed by atoms with Gasteiger partial charge in [0.15, 0.2) is 0 Å². The Balaban J connectivity index is 1.69. The molecule has 0 radical (unpaired) electrons.